The minimum Gasteiger partial charge on any atom is -0.112 e. The van der Waals surface area contributed by atoms with E-state index in [9.17, 15) is 0 Å². The highest BCUT2D eigenvalue weighted by Gasteiger charge is 1.30. The van der Waals surface area contributed by atoms with Crippen LogP contribution < -0.4 is 0 Å². The normalized spacial score (nSPS) is 4.25. The highest BCUT2D eigenvalue weighted by molar-refractivity contribution is 14.1. The van der Waals surface area contributed by atoms with Crippen LogP contribution in [0.4, 0.5) is 0 Å². The van der Waals surface area contributed by atoms with Gasteiger partial charge in [0.2, 0.25) is 0 Å². The molecule has 0 aromatic carbocycles. The van der Waals surface area contributed by atoms with Gasteiger partial charge in [-0.2, -0.15) is 0 Å². The first-order valence-corrected chi connectivity index (χ1v) is 1.87. The fraction of sp³-hybridized carbons (Fsp3) is 0. The van der Waals surface area contributed by atoms with Gasteiger partial charge in [-0.3, -0.25) is 0 Å². The summed E-state index contributed by atoms with van der Waals surface area (Å²) in [5.74, 6) is 0. The molecule has 0 unspecified atom stereocenters. The average Bonchev–Trinajstić information content (AvgIpc) is 1.37. The molecule has 0 rings (SSSR count). The molecule has 0 nitrogen and oxygen atoms in total. The first-order valence-electron chi connectivity index (χ1n) is 0.793. The van der Waals surface area contributed by atoms with E-state index in [2.05, 4.69) is 16.4 Å². The van der Waals surface area contributed by atoms with Gasteiger partial charge in [0.1, 0.15) is 0 Å². The summed E-state index contributed by atoms with van der Waals surface area (Å²) in [6.45, 7) is 3.24. The van der Waals surface area contributed by atoms with E-state index in [1.54, 1.807) is 0 Å². The van der Waals surface area contributed by atoms with Crippen LogP contribution in [0.5, 0.6) is 0 Å². The maximum atomic E-state index is 3.24. The third-order valence-corrected chi connectivity index (χ3v) is 0.448. The van der Waals surface area contributed by atoms with E-state index in [1.165, 1.54) is 0 Å². The van der Waals surface area contributed by atoms with Gasteiger partial charge in [-0.05, 0) is 22.6 Å². The van der Waals surface area contributed by atoms with E-state index >= 15 is 0 Å². The molecule has 1 heteroatoms. The topological polar surface area (TPSA) is 0 Å². The predicted octanol–water partition coefficient (Wildman–Crippen LogP) is 1.52. The summed E-state index contributed by atoms with van der Waals surface area (Å²) in [5, 5.41) is 0. The fourth-order valence-electron chi connectivity index (χ4n) is 0. The first-order chi connectivity index (χ1) is 1.91. The van der Waals surface area contributed by atoms with Crippen LogP contribution in [0.1, 0.15) is 0 Å². The van der Waals surface area contributed by atoms with Crippen LogP contribution in [-0.2, 0) is 0 Å². The van der Waals surface area contributed by atoms with Gasteiger partial charge < -0.3 is 0 Å². The van der Waals surface area contributed by atoms with Crippen molar-refractivity contribution in [2.24, 2.45) is 0 Å². The molecule has 0 atom stereocenters. The van der Waals surface area contributed by atoms with Gasteiger partial charge >= 0.3 is 0 Å². The van der Waals surface area contributed by atoms with Gasteiger partial charge in [0.05, 0.1) is 4.08 Å². The molecule has 0 amide bonds. The SMILES string of the molecule is C=C=[C]I. The largest absolute Gasteiger partial charge is 0.112 e. The molecule has 0 N–H and O–H groups in total. The summed E-state index contributed by atoms with van der Waals surface area (Å²) in [6, 6.07) is 0. The second kappa shape index (κ2) is 3.25. The summed E-state index contributed by atoms with van der Waals surface area (Å²) < 4.78 is 2.54. The van der Waals surface area contributed by atoms with E-state index in [4.69, 9.17) is 0 Å². The van der Waals surface area contributed by atoms with Crippen molar-refractivity contribution in [1.82, 2.24) is 0 Å². The van der Waals surface area contributed by atoms with Crippen LogP contribution in [-0.4, -0.2) is 0 Å². The Morgan fingerprint density at radius 3 is 2.00 bits per heavy atom. The van der Waals surface area contributed by atoms with Crippen LogP contribution in [0.2, 0.25) is 0 Å². The average molecular weight is 165 g/mol. The molecule has 21 valence electrons. The zero-order valence-corrected chi connectivity index (χ0v) is 4.24. The molecule has 0 saturated carbocycles. The van der Waals surface area contributed by atoms with Crippen LogP contribution in [0.25, 0.3) is 0 Å². The molecule has 0 heterocycles. The van der Waals surface area contributed by atoms with Crippen molar-refractivity contribution in [1.29, 1.82) is 0 Å². The minimum atomic E-state index is 1.93. The van der Waals surface area contributed by atoms with Crippen molar-refractivity contribution in [2.45, 2.75) is 0 Å². The van der Waals surface area contributed by atoms with E-state index in [-0.39, 0.29) is 0 Å². The Labute approximate surface area is 39.4 Å². The Morgan fingerprint density at radius 1 is 1.75 bits per heavy atom. The third kappa shape index (κ3) is 2.25. The lowest BCUT2D eigenvalue weighted by Gasteiger charge is -1.32. The lowest BCUT2D eigenvalue weighted by molar-refractivity contribution is 2.40. The molecule has 0 spiro atoms. The standard InChI is InChI=1S/C3H2I/c1-2-3-4/h1H2. The quantitative estimate of drug-likeness (QED) is 0.377. The molecule has 0 bridgehead atoms. The molecule has 1 radical (unpaired) electrons. The van der Waals surface area contributed by atoms with Crippen LogP contribution in [0, 0.1) is 4.08 Å². The van der Waals surface area contributed by atoms with Crippen LogP contribution >= 0.6 is 22.6 Å². The number of hydrogen-bond donors (Lipinski definition) is 0. The molecular formula is C3H2I. The molecule has 0 aliphatic carbocycles. The second-order valence-electron chi connectivity index (χ2n) is 0.271. The van der Waals surface area contributed by atoms with Gasteiger partial charge in [0, 0.05) is 0 Å². The Kier molecular flexibility index (Phi) is 3.45. The maximum absolute atomic E-state index is 3.24. The monoisotopic (exact) mass is 165 g/mol. The summed E-state index contributed by atoms with van der Waals surface area (Å²) in [4.78, 5) is 0. The van der Waals surface area contributed by atoms with E-state index < -0.39 is 0 Å². The second-order valence-corrected chi connectivity index (χ2v) is 0.811. The van der Waals surface area contributed by atoms with Crippen molar-refractivity contribution in [3.8, 4) is 0 Å². The molecule has 0 fully saturated rings. The Morgan fingerprint density at radius 2 is 2.00 bits per heavy atom. The zero-order valence-electron chi connectivity index (χ0n) is 2.09. The van der Waals surface area contributed by atoms with E-state index in [0.29, 0.717) is 0 Å². The van der Waals surface area contributed by atoms with Crippen molar-refractivity contribution in [2.75, 3.05) is 0 Å². The number of rotatable bonds is 0. The van der Waals surface area contributed by atoms with Gasteiger partial charge in [0.15, 0.2) is 0 Å². The molecule has 0 aromatic heterocycles. The summed E-state index contributed by atoms with van der Waals surface area (Å²) in [7, 11) is 0. The highest BCUT2D eigenvalue weighted by atomic mass is 127. The van der Waals surface area contributed by atoms with Gasteiger partial charge in [-0.1, -0.05) is 6.58 Å². The molecule has 0 aliphatic rings. The fourth-order valence-corrected chi connectivity index (χ4v) is 0. The first kappa shape index (κ1) is 4.25. The Balaban J connectivity index is 3.11. The third-order valence-electron chi connectivity index (χ3n) is 0.0668. The molecular weight excluding hydrogens is 163 g/mol. The maximum Gasteiger partial charge on any atom is 0.0754 e. The van der Waals surface area contributed by atoms with Crippen LogP contribution in [0.15, 0.2) is 12.3 Å². The molecule has 4 heavy (non-hydrogen) atoms. The summed E-state index contributed by atoms with van der Waals surface area (Å²) in [5.41, 5.74) is 2.42. The zero-order chi connectivity index (χ0) is 3.41. The van der Waals surface area contributed by atoms with Crippen molar-refractivity contribution >= 4 is 22.6 Å². The number of halogens is 1. The lowest BCUT2D eigenvalue weighted by Crippen LogP contribution is -1.06. The molecule has 0 aliphatic heterocycles. The lowest BCUT2D eigenvalue weighted by atomic mass is 11.0. The van der Waals surface area contributed by atoms with Crippen molar-refractivity contribution < 1.29 is 0 Å². The van der Waals surface area contributed by atoms with Crippen molar-refractivity contribution in [3.63, 3.8) is 0 Å². The van der Waals surface area contributed by atoms with Crippen LogP contribution in [0.3, 0.4) is 0 Å². The molecule has 0 aromatic rings. The minimum absolute atomic E-state index is 1.93. The van der Waals surface area contributed by atoms with Gasteiger partial charge in [-0.25, -0.2) is 0 Å². The summed E-state index contributed by atoms with van der Waals surface area (Å²) in [6.07, 6.45) is 0. The predicted molar refractivity (Wildman–Crippen MR) is 26.4 cm³/mol. The molecule has 0 saturated heterocycles. The smallest absolute Gasteiger partial charge is 0.0754 e. The number of hydrogen-bond acceptors (Lipinski definition) is 0. The van der Waals surface area contributed by atoms with Crippen molar-refractivity contribution in [3.05, 3.63) is 16.4 Å². The van der Waals surface area contributed by atoms with E-state index in [0.717, 1.165) is 0 Å². The van der Waals surface area contributed by atoms with E-state index in [1.807, 2.05) is 22.6 Å². The van der Waals surface area contributed by atoms with Gasteiger partial charge in [0.25, 0.3) is 0 Å². The Bertz CT molecular complexity index is 41.2. The Hall–Kier alpha value is 0.250. The van der Waals surface area contributed by atoms with Gasteiger partial charge in [-0.15, -0.1) is 5.73 Å². The summed E-state index contributed by atoms with van der Waals surface area (Å²) >= 11 is 1.93. The highest BCUT2D eigenvalue weighted by Crippen LogP contribution is 1.71.